The average molecular weight is 439 g/mol. The highest BCUT2D eigenvalue weighted by molar-refractivity contribution is 7.90. The minimum Gasteiger partial charge on any atom is -0.456 e. The van der Waals surface area contributed by atoms with Gasteiger partial charge in [-0.2, -0.15) is 0 Å². The Labute approximate surface area is 175 Å². The van der Waals surface area contributed by atoms with Crippen molar-refractivity contribution in [2.75, 3.05) is 26.9 Å². The van der Waals surface area contributed by atoms with Gasteiger partial charge in [0.1, 0.15) is 16.4 Å². The normalized spacial score (nSPS) is 11.3. The van der Waals surface area contributed by atoms with Gasteiger partial charge in [-0.25, -0.2) is 8.42 Å². The Kier molecular flexibility index (Phi) is 7.23. The summed E-state index contributed by atoms with van der Waals surface area (Å²) in [4.78, 5) is 14.0. The number of hydrogen-bond donors (Lipinski definition) is 3. The number of sulfone groups is 1. The zero-order valence-corrected chi connectivity index (χ0v) is 17.9. The van der Waals surface area contributed by atoms with Gasteiger partial charge in [0.2, 0.25) is 0 Å². The van der Waals surface area contributed by atoms with Crippen LogP contribution in [0.25, 0.3) is 0 Å². The number of carbonyl (C=O) groups excluding carboxylic acids is 1. The number of hydrogen-bond acceptors (Lipinski definition) is 6. The molecular formula is C19H23ClN4O4S. The highest BCUT2D eigenvalue weighted by Crippen LogP contribution is 2.34. The van der Waals surface area contributed by atoms with Crippen molar-refractivity contribution in [1.82, 2.24) is 10.2 Å². The molecule has 0 aliphatic carbocycles. The first-order valence-electron chi connectivity index (χ1n) is 8.58. The molecule has 0 saturated carbocycles. The Balaban J connectivity index is 2.36. The maximum atomic E-state index is 12.2. The molecule has 1 amide bonds. The Morgan fingerprint density at radius 1 is 1.24 bits per heavy atom. The largest absolute Gasteiger partial charge is 0.456 e. The van der Waals surface area contributed by atoms with Crippen molar-refractivity contribution in [1.29, 1.82) is 5.41 Å². The molecule has 0 bridgehead atoms. The Morgan fingerprint density at radius 2 is 1.86 bits per heavy atom. The van der Waals surface area contributed by atoms with Crippen molar-refractivity contribution < 1.29 is 17.9 Å². The fourth-order valence-electron chi connectivity index (χ4n) is 2.47. The fourth-order valence-corrected chi connectivity index (χ4v) is 3.51. The monoisotopic (exact) mass is 438 g/mol. The summed E-state index contributed by atoms with van der Waals surface area (Å²) in [7, 11) is 0.253. The molecule has 4 N–H and O–H groups in total. The van der Waals surface area contributed by atoms with Gasteiger partial charge in [0.15, 0.2) is 15.8 Å². The lowest BCUT2D eigenvalue weighted by molar-refractivity contribution is 0.0976. The van der Waals surface area contributed by atoms with E-state index in [0.717, 1.165) is 30.9 Å². The summed E-state index contributed by atoms with van der Waals surface area (Å²) < 4.78 is 30.2. The average Bonchev–Trinajstić information content (AvgIpc) is 2.59. The van der Waals surface area contributed by atoms with Crippen LogP contribution in [0.15, 0.2) is 41.3 Å². The molecule has 0 unspecified atom stereocenters. The molecule has 0 fully saturated rings. The second-order valence-corrected chi connectivity index (χ2v) is 9.11. The first kappa shape index (κ1) is 22.7. The number of amides is 1. The van der Waals surface area contributed by atoms with E-state index in [1.807, 2.05) is 26.2 Å². The van der Waals surface area contributed by atoms with Crippen LogP contribution in [0.3, 0.4) is 0 Å². The van der Waals surface area contributed by atoms with E-state index < -0.39 is 21.7 Å². The van der Waals surface area contributed by atoms with E-state index in [4.69, 9.17) is 27.5 Å². The van der Waals surface area contributed by atoms with Crippen LogP contribution in [-0.4, -0.2) is 52.1 Å². The molecule has 2 aromatic rings. The number of halogens is 1. The Hall–Kier alpha value is -2.62. The lowest BCUT2D eigenvalue weighted by atomic mass is 10.1. The molecule has 2 aromatic carbocycles. The Bertz CT molecular complexity index is 1020. The first-order chi connectivity index (χ1) is 13.5. The van der Waals surface area contributed by atoms with E-state index in [2.05, 4.69) is 10.2 Å². The molecule has 0 spiro atoms. The smallest absolute Gasteiger partial charge is 0.259 e. The standard InChI is InChI=1S/C19H23ClN4O4S/c1-24(2)9-8-12-4-6-13(7-5-12)28-16-11-15(20)14(18(25)23-19(21)22)10-17(16)29(3,26)27/h4-7,10-11H,8-9H2,1-3H3,(H4,21,22,23,25). The topological polar surface area (TPSA) is 126 Å². The summed E-state index contributed by atoms with van der Waals surface area (Å²) in [5.41, 5.74) is 6.13. The minimum atomic E-state index is -3.74. The summed E-state index contributed by atoms with van der Waals surface area (Å²) in [6, 6.07) is 9.64. The minimum absolute atomic E-state index is 0.00193. The summed E-state index contributed by atoms with van der Waals surface area (Å²) in [6.07, 6.45) is 1.87. The van der Waals surface area contributed by atoms with Gasteiger partial charge in [0.05, 0.1) is 10.6 Å². The van der Waals surface area contributed by atoms with Crippen LogP contribution < -0.4 is 15.8 Å². The van der Waals surface area contributed by atoms with Gasteiger partial charge in [0.25, 0.3) is 5.91 Å². The van der Waals surface area contributed by atoms with E-state index >= 15 is 0 Å². The van der Waals surface area contributed by atoms with Gasteiger partial charge in [-0.1, -0.05) is 23.7 Å². The molecule has 0 atom stereocenters. The second-order valence-electron chi connectivity index (χ2n) is 6.72. The molecule has 0 saturated heterocycles. The van der Waals surface area contributed by atoms with Crippen LogP contribution in [0.1, 0.15) is 15.9 Å². The van der Waals surface area contributed by atoms with Crippen LogP contribution in [0.5, 0.6) is 11.5 Å². The molecule has 10 heteroatoms. The quantitative estimate of drug-likeness (QED) is 0.449. The summed E-state index contributed by atoms with van der Waals surface area (Å²) in [6.45, 7) is 0.901. The molecular weight excluding hydrogens is 416 g/mol. The van der Waals surface area contributed by atoms with Crippen molar-refractivity contribution in [2.45, 2.75) is 11.3 Å². The van der Waals surface area contributed by atoms with Crippen LogP contribution in [0, 0.1) is 5.41 Å². The van der Waals surface area contributed by atoms with Gasteiger partial charge in [-0.3, -0.25) is 15.5 Å². The van der Waals surface area contributed by atoms with E-state index in [1.54, 1.807) is 12.1 Å². The predicted molar refractivity (Wildman–Crippen MR) is 113 cm³/mol. The third-order valence-corrected chi connectivity index (χ3v) is 5.36. The molecule has 0 aliphatic rings. The maximum Gasteiger partial charge on any atom is 0.259 e. The highest BCUT2D eigenvalue weighted by atomic mass is 35.5. The maximum absolute atomic E-state index is 12.2. The molecule has 2 rings (SSSR count). The lowest BCUT2D eigenvalue weighted by Gasteiger charge is -2.14. The zero-order valence-electron chi connectivity index (χ0n) is 16.3. The summed E-state index contributed by atoms with van der Waals surface area (Å²) in [5.74, 6) is -0.940. The summed E-state index contributed by atoms with van der Waals surface area (Å²) in [5, 5.41) is 9.18. The number of likely N-dealkylation sites (N-methyl/N-ethyl adjacent to an activating group) is 1. The van der Waals surface area contributed by atoms with Crippen LogP contribution in [0.4, 0.5) is 0 Å². The van der Waals surface area contributed by atoms with Gasteiger partial charge >= 0.3 is 0 Å². The summed E-state index contributed by atoms with van der Waals surface area (Å²) >= 11 is 6.14. The highest BCUT2D eigenvalue weighted by Gasteiger charge is 2.22. The number of carbonyl (C=O) groups is 1. The molecule has 0 heterocycles. The molecule has 8 nitrogen and oxygen atoms in total. The van der Waals surface area contributed by atoms with Crippen LogP contribution >= 0.6 is 11.6 Å². The van der Waals surface area contributed by atoms with E-state index in [9.17, 15) is 13.2 Å². The predicted octanol–water partition coefficient (Wildman–Crippen LogP) is 2.26. The third kappa shape index (κ3) is 6.45. The van der Waals surface area contributed by atoms with Crippen molar-refractivity contribution in [3.05, 3.63) is 52.5 Å². The third-order valence-electron chi connectivity index (χ3n) is 3.92. The van der Waals surface area contributed by atoms with Gasteiger partial charge < -0.3 is 15.4 Å². The Morgan fingerprint density at radius 3 is 2.38 bits per heavy atom. The van der Waals surface area contributed by atoms with Gasteiger partial charge in [-0.05, 0) is 44.3 Å². The number of nitrogens with two attached hydrogens (primary N) is 1. The van der Waals surface area contributed by atoms with Crippen LogP contribution in [-0.2, 0) is 16.3 Å². The molecule has 0 aromatic heterocycles. The number of benzene rings is 2. The number of nitrogens with one attached hydrogen (secondary N) is 2. The van der Waals surface area contributed by atoms with Crippen molar-refractivity contribution in [3.8, 4) is 11.5 Å². The number of rotatable bonds is 7. The number of ether oxygens (including phenoxy) is 1. The molecule has 29 heavy (non-hydrogen) atoms. The van der Waals surface area contributed by atoms with Crippen molar-refractivity contribution in [3.63, 3.8) is 0 Å². The van der Waals surface area contributed by atoms with Gasteiger partial charge in [0, 0.05) is 18.9 Å². The van der Waals surface area contributed by atoms with E-state index in [0.29, 0.717) is 5.75 Å². The fraction of sp³-hybridized carbons (Fsp3) is 0.263. The molecule has 0 radical (unpaired) electrons. The zero-order chi connectivity index (χ0) is 21.8. The lowest BCUT2D eigenvalue weighted by Crippen LogP contribution is -2.35. The molecule has 156 valence electrons. The number of nitrogens with zero attached hydrogens (tertiary/aromatic N) is 1. The van der Waals surface area contributed by atoms with Gasteiger partial charge in [-0.15, -0.1) is 0 Å². The SMILES string of the molecule is CN(C)CCc1ccc(Oc2cc(Cl)c(C(=O)NC(=N)N)cc2S(C)(=O)=O)cc1. The van der Waals surface area contributed by atoms with E-state index in [-0.39, 0.29) is 21.2 Å². The van der Waals surface area contributed by atoms with Crippen molar-refractivity contribution >= 4 is 33.3 Å². The second kappa shape index (κ2) is 9.25. The van der Waals surface area contributed by atoms with E-state index in [1.165, 1.54) is 6.07 Å². The van der Waals surface area contributed by atoms with Crippen molar-refractivity contribution in [2.24, 2.45) is 5.73 Å². The number of guanidine groups is 1. The van der Waals surface area contributed by atoms with Crippen LogP contribution in [0.2, 0.25) is 5.02 Å². The first-order valence-corrected chi connectivity index (χ1v) is 10.8. The molecule has 0 aliphatic heterocycles.